The molecule has 0 fully saturated rings. The van der Waals surface area contributed by atoms with Crippen LogP contribution in [0.3, 0.4) is 0 Å². The quantitative estimate of drug-likeness (QED) is 0.555. The number of hydrogen-bond donors (Lipinski definition) is 1. The number of ether oxygens (including phenoxy) is 1. The van der Waals surface area contributed by atoms with Gasteiger partial charge in [-0.15, -0.1) is 11.3 Å². The van der Waals surface area contributed by atoms with Crippen molar-refractivity contribution in [1.82, 2.24) is 5.43 Å². The van der Waals surface area contributed by atoms with Crippen LogP contribution in [0.1, 0.15) is 29.2 Å². The van der Waals surface area contributed by atoms with E-state index in [1.165, 1.54) is 12.0 Å². The maximum Gasteiger partial charge on any atom is 0.427 e. The summed E-state index contributed by atoms with van der Waals surface area (Å²) in [6.07, 6.45) is -0.603. The minimum Gasteiger partial charge on any atom is -0.452 e. The van der Waals surface area contributed by atoms with E-state index < -0.39 is 6.09 Å². The van der Waals surface area contributed by atoms with E-state index in [4.69, 9.17) is 11.6 Å². The molecule has 0 spiro atoms. The zero-order valence-electron chi connectivity index (χ0n) is 13.7. The molecule has 128 valence electrons. The fourth-order valence-electron chi connectivity index (χ4n) is 1.85. The third kappa shape index (κ3) is 5.54. The van der Waals surface area contributed by atoms with E-state index in [1.54, 1.807) is 23.5 Å². The predicted octanol–water partition coefficient (Wildman–Crippen LogP) is 5.15. The van der Waals surface area contributed by atoms with Crippen molar-refractivity contribution in [2.24, 2.45) is 5.10 Å². The normalized spacial score (nSPS) is 11.6. The molecule has 2 rings (SSSR count). The van der Waals surface area contributed by atoms with Crippen LogP contribution < -0.4 is 5.43 Å². The molecule has 1 amide bonds. The molecule has 2 aromatic rings. The number of thiophene rings is 1. The maximum absolute atomic E-state index is 11.4. The maximum atomic E-state index is 11.4. The summed E-state index contributed by atoms with van der Waals surface area (Å²) in [5, 5.41) is 5.46. The first-order chi connectivity index (χ1) is 11.5. The number of carbonyl (C=O) groups is 1. The molecule has 0 saturated carbocycles. The Morgan fingerprint density at radius 3 is 2.62 bits per heavy atom. The van der Waals surface area contributed by atoms with Crippen molar-refractivity contribution in [3.05, 3.63) is 56.7 Å². The van der Waals surface area contributed by atoms with Crippen LogP contribution >= 0.6 is 34.7 Å². The van der Waals surface area contributed by atoms with Crippen LogP contribution in [-0.4, -0.2) is 24.2 Å². The van der Waals surface area contributed by atoms with Gasteiger partial charge in [0.05, 0.1) is 12.0 Å². The highest BCUT2D eigenvalue weighted by Crippen LogP contribution is 2.26. The third-order valence-electron chi connectivity index (χ3n) is 3.02. The average Bonchev–Trinajstić information content (AvgIpc) is 3.03. The van der Waals surface area contributed by atoms with Crippen LogP contribution in [0.25, 0.3) is 0 Å². The second-order valence-electron chi connectivity index (χ2n) is 5.20. The van der Waals surface area contributed by atoms with E-state index in [9.17, 15) is 4.79 Å². The lowest BCUT2D eigenvalue weighted by molar-refractivity contribution is 0.171. The van der Waals surface area contributed by atoms with E-state index in [1.807, 2.05) is 30.0 Å². The standard InChI is InChI=1S/C17H19ClN2O2S2/c1-11(2)23-10-14-8-9-15(24-14)16(19-20-17(21)22-3)12-4-6-13(18)7-5-12/h4-9,11H,10H2,1-3H3,(H,20,21). The summed E-state index contributed by atoms with van der Waals surface area (Å²) in [6, 6.07) is 11.5. The largest absolute Gasteiger partial charge is 0.452 e. The fourth-order valence-corrected chi connectivity index (χ4v) is 3.82. The van der Waals surface area contributed by atoms with Gasteiger partial charge in [-0.1, -0.05) is 37.6 Å². The number of amides is 1. The Morgan fingerprint density at radius 2 is 2.00 bits per heavy atom. The van der Waals surface area contributed by atoms with Crippen LogP contribution in [0.5, 0.6) is 0 Å². The highest BCUT2D eigenvalue weighted by atomic mass is 35.5. The summed E-state index contributed by atoms with van der Waals surface area (Å²) in [4.78, 5) is 13.6. The molecule has 0 radical (unpaired) electrons. The average molecular weight is 383 g/mol. The summed E-state index contributed by atoms with van der Waals surface area (Å²) in [7, 11) is 1.30. The van der Waals surface area contributed by atoms with Crippen molar-refractivity contribution in [1.29, 1.82) is 0 Å². The first-order valence-corrected chi connectivity index (χ1v) is 9.62. The number of nitrogens with one attached hydrogen (secondary N) is 1. The highest BCUT2D eigenvalue weighted by molar-refractivity contribution is 7.99. The Hall–Kier alpha value is -1.50. The van der Waals surface area contributed by atoms with E-state index in [0.717, 1.165) is 16.2 Å². The Bertz CT molecular complexity index is 712. The summed E-state index contributed by atoms with van der Waals surface area (Å²) in [5.41, 5.74) is 3.96. The molecule has 0 aliphatic heterocycles. The molecule has 24 heavy (non-hydrogen) atoms. The Kier molecular flexibility index (Phi) is 7.15. The molecule has 0 saturated heterocycles. The lowest BCUT2D eigenvalue weighted by Gasteiger charge is -2.06. The monoisotopic (exact) mass is 382 g/mol. The molecule has 1 aromatic heterocycles. The number of hydrazone groups is 1. The number of halogens is 1. The molecule has 1 aromatic carbocycles. The van der Waals surface area contributed by atoms with Gasteiger partial charge in [0, 0.05) is 21.2 Å². The van der Waals surface area contributed by atoms with Crippen molar-refractivity contribution in [3.63, 3.8) is 0 Å². The smallest absolute Gasteiger partial charge is 0.427 e. The minimum atomic E-state index is -0.603. The zero-order chi connectivity index (χ0) is 17.5. The molecule has 0 atom stereocenters. The SMILES string of the molecule is COC(=O)NN=C(c1ccc(Cl)cc1)c1ccc(CSC(C)C)s1. The van der Waals surface area contributed by atoms with E-state index in [0.29, 0.717) is 16.0 Å². The predicted molar refractivity (Wildman–Crippen MR) is 103 cm³/mol. The van der Waals surface area contributed by atoms with Crippen molar-refractivity contribution >= 4 is 46.5 Å². The van der Waals surface area contributed by atoms with Crippen LogP contribution in [0.15, 0.2) is 41.5 Å². The van der Waals surface area contributed by atoms with Gasteiger partial charge in [-0.25, -0.2) is 10.2 Å². The van der Waals surface area contributed by atoms with Crippen molar-refractivity contribution in [2.75, 3.05) is 7.11 Å². The van der Waals surface area contributed by atoms with Gasteiger partial charge in [0.25, 0.3) is 0 Å². The molecule has 1 N–H and O–H groups in total. The van der Waals surface area contributed by atoms with Crippen LogP contribution in [0, 0.1) is 0 Å². The third-order valence-corrected chi connectivity index (χ3v) is 5.69. The van der Waals surface area contributed by atoms with Crippen molar-refractivity contribution < 1.29 is 9.53 Å². The van der Waals surface area contributed by atoms with Crippen LogP contribution in [-0.2, 0) is 10.5 Å². The van der Waals surface area contributed by atoms with Gasteiger partial charge in [0.2, 0.25) is 0 Å². The molecule has 0 unspecified atom stereocenters. The molecule has 0 aliphatic carbocycles. The van der Waals surface area contributed by atoms with E-state index in [2.05, 4.69) is 35.2 Å². The first kappa shape index (κ1) is 18.8. The second-order valence-corrected chi connectivity index (χ2v) is 8.37. The number of rotatable bonds is 6. The number of nitrogens with zero attached hydrogens (tertiary/aromatic N) is 1. The molecule has 0 aliphatic rings. The topological polar surface area (TPSA) is 50.7 Å². The van der Waals surface area contributed by atoms with Crippen LogP contribution in [0.4, 0.5) is 4.79 Å². The Labute approximate surface area is 155 Å². The molecular weight excluding hydrogens is 364 g/mol. The lowest BCUT2D eigenvalue weighted by Crippen LogP contribution is -2.19. The number of methoxy groups -OCH3 is 1. The van der Waals surface area contributed by atoms with Gasteiger partial charge in [-0.3, -0.25) is 0 Å². The second kappa shape index (κ2) is 9.11. The van der Waals surface area contributed by atoms with E-state index in [-0.39, 0.29) is 0 Å². The molecule has 1 heterocycles. The van der Waals surface area contributed by atoms with Gasteiger partial charge >= 0.3 is 6.09 Å². The lowest BCUT2D eigenvalue weighted by atomic mass is 10.1. The summed E-state index contributed by atoms with van der Waals surface area (Å²) in [6.45, 7) is 4.36. The van der Waals surface area contributed by atoms with Crippen molar-refractivity contribution in [2.45, 2.75) is 24.9 Å². The van der Waals surface area contributed by atoms with Crippen molar-refractivity contribution in [3.8, 4) is 0 Å². The number of hydrogen-bond acceptors (Lipinski definition) is 5. The number of thioether (sulfide) groups is 1. The Balaban J connectivity index is 2.28. The summed E-state index contributed by atoms with van der Waals surface area (Å²) >= 11 is 9.51. The van der Waals surface area contributed by atoms with Gasteiger partial charge in [-0.05, 0) is 29.5 Å². The molecular formula is C17H19ClN2O2S2. The Morgan fingerprint density at radius 1 is 1.29 bits per heavy atom. The highest BCUT2D eigenvalue weighted by Gasteiger charge is 2.12. The van der Waals surface area contributed by atoms with Crippen LogP contribution in [0.2, 0.25) is 5.02 Å². The van der Waals surface area contributed by atoms with Gasteiger partial charge < -0.3 is 4.74 Å². The van der Waals surface area contributed by atoms with Gasteiger partial charge in [0.1, 0.15) is 5.71 Å². The molecule has 7 heteroatoms. The van der Waals surface area contributed by atoms with Gasteiger partial charge in [-0.2, -0.15) is 16.9 Å². The molecule has 4 nitrogen and oxygen atoms in total. The van der Waals surface area contributed by atoms with E-state index >= 15 is 0 Å². The van der Waals surface area contributed by atoms with Gasteiger partial charge in [0.15, 0.2) is 0 Å². The first-order valence-electron chi connectivity index (χ1n) is 7.38. The zero-order valence-corrected chi connectivity index (χ0v) is 16.1. The summed E-state index contributed by atoms with van der Waals surface area (Å²) < 4.78 is 4.58. The molecule has 0 bridgehead atoms. The summed E-state index contributed by atoms with van der Waals surface area (Å²) in [5.74, 6) is 0.959. The minimum absolute atomic E-state index is 0.584. The fraction of sp³-hybridized carbons (Fsp3) is 0.294. The number of benzene rings is 1. The number of carbonyl (C=O) groups excluding carboxylic acids is 1.